The number of carboxylic acids is 1. The first kappa shape index (κ1) is 9.96. The van der Waals surface area contributed by atoms with E-state index in [0.29, 0.717) is 0 Å². The molecule has 0 radical (unpaired) electrons. The molecule has 0 heterocycles. The van der Waals surface area contributed by atoms with Gasteiger partial charge in [-0.15, -0.1) is 0 Å². The Hall–Kier alpha value is -0.154. The van der Waals surface area contributed by atoms with Gasteiger partial charge in [0.1, 0.15) is 0 Å². The van der Waals surface area contributed by atoms with Crippen LogP contribution in [0.4, 0.5) is 0 Å². The first-order valence-electron chi connectivity index (χ1n) is 1.63. The summed E-state index contributed by atoms with van der Waals surface area (Å²) < 4.78 is 0. The summed E-state index contributed by atoms with van der Waals surface area (Å²) in [5.41, 5.74) is 0. The van der Waals surface area contributed by atoms with E-state index in [0.717, 1.165) is 6.08 Å². The Morgan fingerprint density at radius 2 is 2.14 bits per heavy atom. The van der Waals surface area contributed by atoms with Crippen LogP contribution in [-0.4, -0.2) is 30.9 Å². The van der Waals surface area contributed by atoms with Crippen molar-refractivity contribution in [2.45, 2.75) is 6.92 Å². The predicted octanol–water partition coefficient (Wildman–Crippen LogP) is -0.537. The fourth-order valence-electron chi connectivity index (χ4n) is 0.143. The van der Waals surface area contributed by atoms with E-state index in [1.807, 2.05) is 0 Å². The molecule has 0 aliphatic rings. The van der Waals surface area contributed by atoms with E-state index in [9.17, 15) is 4.79 Å². The minimum absolute atomic E-state index is 0. The van der Waals surface area contributed by atoms with Crippen LogP contribution in [0, 0.1) is 0 Å². The zero-order chi connectivity index (χ0) is 4.99. The van der Waals surface area contributed by atoms with Crippen molar-refractivity contribution in [1.29, 1.82) is 0 Å². The molecular formula is C4H9GaO2. The van der Waals surface area contributed by atoms with E-state index >= 15 is 0 Å². The summed E-state index contributed by atoms with van der Waals surface area (Å²) in [5, 5.41) is 7.83. The van der Waals surface area contributed by atoms with Gasteiger partial charge in [0.05, 0.1) is 0 Å². The van der Waals surface area contributed by atoms with Gasteiger partial charge in [-0.2, -0.15) is 0 Å². The fourth-order valence-corrected chi connectivity index (χ4v) is 0.143. The molecule has 3 heteroatoms. The first-order valence-corrected chi connectivity index (χ1v) is 1.63. The third-order valence-corrected chi connectivity index (χ3v) is 0.309. The van der Waals surface area contributed by atoms with Gasteiger partial charge >= 0.3 is 25.8 Å². The zero-order valence-corrected chi connectivity index (χ0v) is 3.51. The van der Waals surface area contributed by atoms with Crippen molar-refractivity contribution >= 4 is 25.8 Å². The molecule has 0 spiro atoms. The summed E-state index contributed by atoms with van der Waals surface area (Å²) in [7, 11) is 0. The minimum atomic E-state index is -0.891. The average molecular weight is 159 g/mol. The van der Waals surface area contributed by atoms with Crippen molar-refractivity contribution in [2.24, 2.45) is 0 Å². The molecule has 0 fully saturated rings. The second-order valence-corrected chi connectivity index (χ2v) is 0.838. The Morgan fingerprint density at radius 1 is 1.71 bits per heavy atom. The molecule has 0 saturated carbocycles. The number of carbonyl (C=O) groups is 1. The molecule has 0 aromatic carbocycles. The first-order chi connectivity index (χ1) is 2.77. The Bertz CT molecular complexity index is 77.8. The molecule has 0 bridgehead atoms. The molecular weight excluding hydrogens is 150 g/mol. The van der Waals surface area contributed by atoms with Crippen molar-refractivity contribution in [3.8, 4) is 0 Å². The van der Waals surface area contributed by atoms with Crippen molar-refractivity contribution in [2.75, 3.05) is 0 Å². The molecule has 2 nitrogen and oxygen atoms in total. The Morgan fingerprint density at radius 3 is 2.14 bits per heavy atom. The molecule has 0 aromatic heterocycles. The Kier molecular flexibility index (Phi) is 8.32. The van der Waals surface area contributed by atoms with Gasteiger partial charge < -0.3 is 5.11 Å². The van der Waals surface area contributed by atoms with E-state index < -0.39 is 5.97 Å². The molecule has 0 saturated heterocycles. The number of allylic oxidation sites excluding steroid dienone is 1. The SMILES string of the molecule is CC=CC(=O)O.[GaH3]. The van der Waals surface area contributed by atoms with Crippen molar-refractivity contribution in [3.05, 3.63) is 12.2 Å². The van der Waals surface area contributed by atoms with Gasteiger partial charge in [0.15, 0.2) is 0 Å². The van der Waals surface area contributed by atoms with E-state index in [-0.39, 0.29) is 19.8 Å². The molecule has 0 amide bonds. The molecule has 0 atom stereocenters. The van der Waals surface area contributed by atoms with Gasteiger partial charge in [0.25, 0.3) is 0 Å². The van der Waals surface area contributed by atoms with Crippen LogP contribution in [0.3, 0.4) is 0 Å². The second kappa shape index (κ2) is 5.85. The van der Waals surface area contributed by atoms with Crippen LogP contribution in [0.25, 0.3) is 0 Å². The third-order valence-electron chi connectivity index (χ3n) is 0.309. The number of rotatable bonds is 1. The zero-order valence-electron chi connectivity index (χ0n) is 3.51. The standard InChI is InChI=1S/C4H6O2.Ga.3H/c1-2-3-4(5)6;;;;/h2-3H,1H3,(H,5,6);;;;. The Balaban J connectivity index is 0. The summed E-state index contributed by atoms with van der Waals surface area (Å²) in [4.78, 5) is 9.51. The normalized spacial score (nSPS) is 8.14. The number of carboxylic acid groups (broad SMARTS) is 1. The van der Waals surface area contributed by atoms with E-state index in [1.54, 1.807) is 6.92 Å². The van der Waals surface area contributed by atoms with Crippen LogP contribution < -0.4 is 0 Å². The maximum absolute atomic E-state index is 9.51. The van der Waals surface area contributed by atoms with E-state index in [4.69, 9.17) is 5.11 Å². The fraction of sp³-hybridized carbons (Fsp3) is 0.250. The summed E-state index contributed by atoms with van der Waals surface area (Å²) in [6, 6.07) is 0. The van der Waals surface area contributed by atoms with Gasteiger partial charge in [-0.3, -0.25) is 0 Å². The van der Waals surface area contributed by atoms with Crippen molar-refractivity contribution in [3.63, 3.8) is 0 Å². The average Bonchev–Trinajstić information content (AvgIpc) is 1.35. The quantitative estimate of drug-likeness (QED) is 0.412. The predicted molar refractivity (Wildman–Crippen MR) is 32.4 cm³/mol. The molecule has 40 valence electrons. The summed E-state index contributed by atoms with van der Waals surface area (Å²) in [6.45, 7) is 1.66. The molecule has 0 aromatic rings. The van der Waals surface area contributed by atoms with Gasteiger partial charge in [-0.05, 0) is 6.92 Å². The van der Waals surface area contributed by atoms with Gasteiger partial charge in [0, 0.05) is 6.08 Å². The molecule has 0 aliphatic heterocycles. The molecule has 0 unspecified atom stereocenters. The molecule has 0 aliphatic carbocycles. The van der Waals surface area contributed by atoms with Crippen LogP contribution in [0.15, 0.2) is 12.2 Å². The van der Waals surface area contributed by atoms with Crippen LogP contribution >= 0.6 is 0 Å². The van der Waals surface area contributed by atoms with Crippen LogP contribution in [0.1, 0.15) is 6.92 Å². The Labute approximate surface area is 55.3 Å². The van der Waals surface area contributed by atoms with Crippen LogP contribution in [0.5, 0.6) is 0 Å². The van der Waals surface area contributed by atoms with E-state index in [2.05, 4.69) is 0 Å². The van der Waals surface area contributed by atoms with Crippen LogP contribution in [0.2, 0.25) is 0 Å². The molecule has 7 heavy (non-hydrogen) atoms. The van der Waals surface area contributed by atoms with Gasteiger partial charge in [-0.25, -0.2) is 4.79 Å². The molecule has 1 N–H and O–H groups in total. The van der Waals surface area contributed by atoms with Crippen LogP contribution in [-0.2, 0) is 4.79 Å². The summed E-state index contributed by atoms with van der Waals surface area (Å²) in [6.07, 6.45) is 2.56. The van der Waals surface area contributed by atoms with Gasteiger partial charge in [0.2, 0.25) is 0 Å². The number of hydrogen-bond donors (Lipinski definition) is 1. The van der Waals surface area contributed by atoms with Crippen molar-refractivity contribution in [1.82, 2.24) is 0 Å². The van der Waals surface area contributed by atoms with E-state index in [1.165, 1.54) is 6.08 Å². The van der Waals surface area contributed by atoms with Gasteiger partial charge in [-0.1, -0.05) is 6.08 Å². The number of aliphatic carboxylic acids is 1. The second-order valence-electron chi connectivity index (χ2n) is 0.838. The topological polar surface area (TPSA) is 37.3 Å². The monoisotopic (exact) mass is 158 g/mol. The summed E-state index contributed by atoms with van der Waals surface area (Å²) in [5.74, 6) is -0.891. The molecule has 0 rings (SSSR count). The van der Waals surface area contributed by atoms with Crippen molar-refractivity contribution < 1.29 is 9.90 Å². The maximum atomic E-state index is 9.51. The summed E-state index contributed by atoms with van der Waals surface area (Å²) >= 11 is 0. The third kappa shape index (κ3) is 10.7. The number of hydrogen-bond acceptors (Lipinski definition) is 1.